The quantitative estimate of drug-likeness (QED) is 0.272. The van der Waals surface area contributed by atoms with E-state index in [1.165, 1.54) is 11.1 Å². The zero-order chi connectivity index (χ0) is 24.0. The third-order valence-electron chi connectivity index (χ3n) is 7.44. The van der Waals surface area contributed by atoms with Crippen molar-refractivity contribution in [1.29, 1.82) is 0 Å². The van der Waals surface area contributed by atoms with Crippen molar-refractivity contribution in [2.75, 3.05) is 0 Å². The van der Waals surface area contributed by atoms with Crippen LogP contribution in [0.1, 0.15) is 86.8 Å². The van der Waals surface area contributed by atoms with Gasteiger partial charge in [-0.3, -0.25) is 4.79 Å². The first-order valence-electron chi connectivity index (χ1n) is 12.5. The van der Waals surface area contributed by atoms with Crippen LogP contribution in [0.15, 0.2) is 29.1 Å². The molecule has 33 heavy (non-hydrogen) atoms. The van der Waals surface area contributed by atoms with Gasteiger partial charge in [0.05, 0.1) is 23.4 Å². The highest BCUT2D eigenvalue weighted by Gasteiger charge is 2.32. The molecule has 0 radical (unpaired) electrons. The Morgan fingerprint density at radius 2 is 1.70 bits per heavy atom. The van der Waals surface area contributed by atoms with Gasteiger partial charge >= 0.3 is 0 Å². The minimum Gasteiger partial charge on any atom is -0.302 e. The van der Waals surface area contributed by atoms with Crippen molar-refractivity contribution in [2.45, 2.75) is 86.1 Å². The number of benzene rings is 1. The number of fused-ring (bicyclic) bond motifs is 5. The van der Waals surface area contributed by atoms with Gasteiger partial charge in [0.2, 0.25) is 0 Å². The maximum absolute atomic E-state index is 14.6. The first kappa shape index (κ1) is 23.4. The summed E-state index contributed by atoms with van der Waals surface area (Å²) in [5.41, 5.74) is 10.1. The summed E-state index contributed by atoms with van der Waals surface area (Å²) in [5, 5.41) is 1.13. The smallest absolute Gasteiger partial charge is 0.254 e. The summed E-state index contributed by atoms with van der Waals surface area (Å²) in [6.07, 6.45) is 4.53. The maximum Gasteiger partial charge on any atom is 0.254 e. The molecule has 0 fully saturated rings. The second-order valence-electron chi connectivity index (χ2n) is 8.86. The van der Waals surface area contributed by atoms with Gasteiger partial charge in [-0.1, -0.05) is 46.8 Å². The van der Waals surface area contributed by atoms with E-state index < -0.39 is 0 Å². The molecule has 3 aromatic rings. The van der Waals surface area contributed by atoms with Gasteiger partial charge in [-0.05, 0) is 67.3 Å². The van der Waals surface area contributed by atoms with Crippen LogP contribution in [0.2, 0.25) is 0 Å². The Balaban J connectivity index is 0.000000617. The summed E-state index contributed by atoms with van der Waals surface area (Å²) in [4.78, 5) is 18.3. The van der Waals surface area contributed by atoms with Crippen LogP contribution in [0.3, 0.4) is 0 Å². The largest absolute Gasteiger partial charge is 0.302 e. The standard InChI is InChI=1S/C25H23FN2O.2C2H6/c1-12-7-8-17-18(13(12)2)9-22-24-19(11-28(22)25(17)29)16-6-4-5-15-14(3)20(26)10-21(27-24)23(15)16;2*1-2/h9-10,13H,1,4-8,11H2,2-3H3;2*1-2H3. The Hall–Kier alpha value is -2.75. The lowest BCUT2D eigenvalue weighted by Crippen LogP contribution is -2.28. The monoisotopic (exact) mass is 446 g/mol. The lowest BCUT2D eigenvalue weighted by Gasteiger charge is -2.25. The van der Waals surface area contributed by atoms with Crippen LogP contribution >= 0.6 is 0 Å². The summed E-state index contributed by atoms with van der Waals surface area (Å²) in [5.74, 6) is 0.00505. The number of rotatable bonds is 0. The lowest BCUT2D eigenvalue weighted by atomic mass is 9.81. The summed E-state index contributed by atoms with van der Waals surface area (Å²) in [6.45, 7) is 16.8. The normalized spacial score (nSPS) is 17.3. The van der Waals surface area contributed by atoms with Gasteiger partial charge in [0.1, 0.15) is 5.82 Å². The Bertz CT molecular complexity index is 1330. The average molecular weight is 447 g/mol. The molecular formula is C29H35FN2O. The molecular weight excluding hydrogens is 411 g/mol. The van der Waals surface area contributed by atoms with Gasteiger partial charge in [-0.2, -0.15) is 0 Å². The van der Waals surface area contributed by atoms with Crippen molar-refractivity contribution in [3.8, 4) is 11.4 Å². The second kappa shape index (κ2) is 8.89. The van der Waals surface area contributed by atoms with E-state index in [-0.39, 0.29) is 17.3 Å². The highest BCUT2D eigenvalue weighted by Crippen LogP contribution is 2.43. The van der Waals surface area contributed by atoms with E-state index in [1.807, 2.05) is 39.2 Å². The van der Waals surface area contributed by atoms with Crippen LogP contribution in [-0.4, -0.2) is 9.55 Å². The van der Waals surface area contributed by atoms with E-state index >= 15 is 0 Å². The molecule has 3 nitrogen and oxygen atoms in total. The van der Waals surface area contributed by atoms with Crippen LogP contribution in [0.5, 0.6) is 0 Å². The van der Waals surface area contributed by atoms with Gasteiger partial charge in [-0.15, -0.1) is 0 Å². The Kier molecular flexibility index (Phi) is 6.30. The van der Waals surface area contributed by atoms with Gasteiger partial charge < -0.3 is 4.57 Å². The van der Waals surface area contributed by atoms with E-state index in [9.17, 15) is 9.18 Å². The predicted molar refractivity (Wildman–Crippen MR) is 136 cm³/mol. The van der Waals surface area contributed by atoms with Crippen LogP contribution in [0, 0.1) is 12.7 Å². The molecule has 1 aromatic carbocycles. The SMILES string of the molecule is C=C1CCc2c(cc3n(c2=O)Cc2c-3nc3cc(F)c(C)c4c3c2CCC4)C1C.CC.CC. The van der Waals surface area contributed by atoms with Crippen molar-refractivity contribution >= 4 is 10.9 Å². The minimum absolute atomic E-state index is 0.115. The van der Waals surface area contributed by atoms with Gasteiger partial charge in [-0.25, -0.2) is 9.37 Å². The summed E-state index contributed by atoms with van der Waals surface area (Å²) < 4.78 is 16.5. The molecule has 1 unspecified atom stereocenters. The molecule has 1 atom stereocenters. The van der Waals surface area contributed by atoms with E-state index in [2.05, 4.69) is 19.6 Å². The second-order valence-corrected chi connectivity index (χ2v) is 8.86. The number of aromatic nitrogens is 2. The van der Waals surface area contributed by atoms with E-state index in [1.54, 1.807) is 6.07 Å². The van der Waals surface area contributed by atoms with Gasteiger partial charge in [0.15, 0.2) is 0 Å². The zero-order valence-corrected chi connectivity index (χ0v) is 20.9. The number of hydrogen-bond donors (Lipinski definition) is 0. The molecule has 3 heterocycles. The fraction of sp³-hybridized carbons (Fsp3) is 0.448. The molecule has 0 spiro atoms. The Labute approximate surface area is 196 Å². The third-order valence-corrected chi connectivity index (χ3v) is 7.44. The molecule has 4 heteroatoms. The molecule has 2 aliphatic carbocycles. The van der Waals surface area contributed by atoms with E-state index in [4.69, 9.17) is 4.98 Å². The van der Waals surface area contributed by atoms with Crippen molar-refractivity contribution in [3.63, 3.8) is 0 Å². The predicted octanol–water partition coefficient (Wildman–Crippen LogP) is 7.02. The van der Waals surface area contributed by atoms with Crippen LogP contribution < -0.4 is 5.56 Å². The van der Waals surface area contributed by atoms with Crippen molar-refractivity contribution in [1.82, 2.24) is 9.55 Å². The maximum atomic E-state index is 14.6. The van der Waals surface area contributed by atoms with Crippen LogP contribution in [0.4, 0.5) is 4.39 Å². The number of allylic oxidation sites excluding steroid dienone is 1. The molecule has 6 rings (SSSR count). The Morgan fingerprint density at radius 3 is 2.42 bits per heavy atom. The van der Waals surface area contributed by atoms with Crippen molar-refractivity contribution < 1.29 is 4.39 Å². The third kappa shape index (κ3) is 3.37. The highest BCUT2D eigenvalue weighted by molar-refractivity contribution is 5.92. The van der Waals surface area contributed by atoms with Crippen molar-refractivity contribution in [3.05, 3.63) is 73.8 Å². The molecule has 0 N–H and O–H groups in total. The first-order chi connectivity index (χ1) is 16.0. The average Bonchev–Trinajstić information content (AvgIpc) is 3.22. The number of nitrogens with zero attached hydrogens (tertiary/aromatic N) is 2. The summed E-state index contributed by atoms with van der Waals surface area (Å²) in [7, 11) is 0. The highest BCUT2D eigenvalue weighted by atomic mass is 19.1. The molecule has 0 amide bonds. The van der Waals surface area contributed by atoms with Crippen LogP contribution in [-0.2, 0) is 25.8 Å². The summed E-state index contributed by atoms with van der Waals surface area (Å²) in [6, 6.07) is 3.73. The number of pyridine rings is 2. The molecule has 0 saturated heterocycles. The molecule has 2 aromatic heterocycles. The Morgan fingerprint density at radius 1 is 1.00 bits per heavy atom. The zero-order valence-electron chi connectivity index (χ0n) is 20.9. The lowest BCUT2D eigenvalue weighted by molar-refractivity contribution is 0.615. The van der Waals surface area contributed by atoms with Gasteiger partial charge in [0.25, 0.3) is 5.56 Å². The van der Waals surface area contributed by atoms with Gasteiger partial charge in [0, 0.05) is 28.5 Å². The molecule has 0 bridgehead atoms. The number of hydrogen-bond acceptors (Lipinski definition) is 2. The number of halogens is 1. The molecule has 3 aliphatic rings. The summed E-state index contributed by atoms with van der Waals surface area (Å²) >= 11 is 0. The molecule has 1 aliphatic heterocycles. The fourth-order valence-corrected chi connectivity index (χ4v) is 5.68. The molecule has 174 valence electrons. The fourth-order valence-electron chi connectivity index (χ4n) is 5.68. The number of aryl methyl sites for hydroxylation is 2. The minimum atomic E-state index is -0.182. The van der Waals surface area contributed by atoms with Crippen molar-refractivity contribution in [2.24, 2.45) is 0 Å². The topological polar surface area (TPSA) is 34.9 Å². The first-order valence-corrected chi connectivity index (χ1v) is 12.5. The van der Waals surface area contributed by atoms with Crippen LogP contribution in [0.25, 0.3) is 22.3 Å². The molecule has 0 saturated carbocycles. The van der Waals surface area contributed by atoms with E-state index in [0.717, 1.165) is 82.2 Å². The van der Waals surface area contributed by atoms with E-state index in [0.29, 0.717) is 6.54 Å².